The maximum Gasteiger partial charge on any atom is 0.0813 e. The number of hydrogen-bond acceptors (Lipinski definition) is 3. The summed E-state index contributed by atoms with van der Waals surface area (Å²) in [6.07, 6.45) is 0. The van der Waals surface area contributed by atoms with E-state index in [-0.39, 0.29) is 0 Å². The Labute approximate surface area is 123 Å². The second kappa shape index (κ2) is 4.98. The summed E-state index contributed by atoms with van der Waals surface area (Å²) in [6, 6.07) is 8.73. The van der Waals surface area contributed by atoms with Gasteiger partial charge in [-0.05, 0) is 68.7 Å². The van der Waals surface area contributed by atoms with Gasteiger partial charge in [-0.3, -0.25) is 4.99 Å². The molecule has 0 N–H and O–H groups in total. The Bertz CT molecular complexity index is 830. The summed E-state index contributed by atoms with van der Waals surface area (Å²) >= 11 is 1.80. The SMILES string of the molecule is CCN=c1cc2sc3cc(C)c(C)cc3nc-2cc1C. The summed E-state index contributed by atoms with van der Waals surface area (Å²) in [5.74, 6) is 0. The Hall–Kier alpha value is -1.74. The van der Waals surface area contributed by atoms with Crippen molar-refractivity contribution < 1.29 is 0 Å². The molecule has 0 aromatic heterocycles. The van der Waals surface area contributed by atoms with Gasteiger partial charge in [-0.2, -0.15) is 0 Å². The highest BCUT2D eigenvalue weighted by atomic mass is 32.1. The van der Waals surface area contributed by atoms with Crippen molar-refractivity contribution in [3.63, 3.8) is 0 Å². The van der Waals surface area contributed by atoms with E-state index in [1.807, 2.05) is 0 Å². The first-order valence-electron chi connectivity index (χ1n) is 6.91. The molecule has 0 saturated carbocycles. The summed E-state index contributed by atoms with van der Waals surface area (Å²) in [5.41, 5.74) is 5.97. The molecule has 1 heterocycles. The zero-order valence-electron chi connectivity index (χ0n) is 12.3. The highest BCUT2D eigenvalue weighted by Gasteiger charge is 2.09. The lowest BCUT2D eigenvalue weighted by Gasteiger charge is -2.09. The van der Waals surface area contributed by atoms with E-state index >= 15 is 0 Å². The smallest absolute Gasteiger partial charge is 0.0813 e. The lowest BCUT2D eigenvalue weighted by Crippen LogP contribution is -2.08. The van der Waals surface area contributed by atoms with E-state index in [9.17, 15) is 0 Å². The molecule has 1 aromatic rings. The van der Waals surface area contributed by atoms with Crippen LogP contribution in [0.3, 0.4) is 0 Å². The largest absolute Gasteiger partial charge is 0.285 e. The molecule has 0 radical (unpaired) electrons. The van der Waals surface area contributed by atoms with E-state index in [1.165, 1.54) is 26.3 Å². The van der Waals surface area contributed by atoms with E-state index in [0.29, 0.717) is 0 Å². The van der Waals surface area contributed by atoms with Gasteiger partial charge in [0.15, 0.2) is 0 Å². The third kappa shape index (κ3) is 2.22. The van der Waals surface area contributed by atoms with Crippen LogP contribution in [0.15, 0.2) is 29.3 Å². The number of nitrogens with zero attached hydrogens (tertiary/aromatic N) is 2. The molecule has 3 rings (SSSR count). The van der Waals surface area contributed by atoms with Gasteiger partial charge < -0.3 is 0 Å². The number of rotatable bonds is 1. The number of aromatic nitrogens is 1. The fraction of sp³-hybridized carbons (Fsp3) is 0.294. The van der Waals surface area contributed by atoms with Gasteiger partial charge in [0.25, 0.3) is 0 Å². The van der Waals surface area contributed by atoms with Gasteiger partial charge >= 0.3 is 0 Å². The molecule has 0 saturated heterocycles. The third-order valence-corrected chi connectivity index (χ3v) is 4.74. The van der Waals surface area contributed by atoms with Crippen LogP contribution >= 0.6 is 11.3 Å². The van der Waals surface area contributed by atoms with Crippen molar-refractivity contribution in [1.29, 1.82) is 0 Å². The molecule has 102 valence electrons. The number of hydrogen-bond donors (Lipinski definition) is 0. The average Bonchev–Trinajstić information content (AvgIpc) is 2.40. The lowest BCUT2D eigenvalue weighted by molar-refractivity contribution is 1.05. The molecule has 1 aromatic carbocycles. The standard InChI is InChI=1S/C17H18N2S/c1-5-18-13-9-17-15(7-12(13)4)19-14-6-10(2)11(3)8-16(14)20-17/h6-9H,5H2,1-4H3. The Balaban J connectivity index is 2.37. The van der Waals surface area contributed by atoms with Crippen LogP contribution in [0.5, 0.6) is 0 Å². The van der Waals surface area contributed by atoms with Crippen molar-refractivity contribution in [3.8, 4) is 10.6 Å². The molecule has 1 aliphatic heterocycles. The maximum atomic E-state index is 4.81. The molecule has 0 spiro atoms. The summed E-state index contributed by atoms with van der Waals surface area (Å²) < 4.78 is 1.24. The Kier molecular flexibility index (Phi) is 3.30. The first-order chi connectivity index (χ1) is 9.58. The van der Waals surface area contributed by atoms with Crippen LogP contribution in [-0.4, -0.2) is 11.5 Å². The minimum atomic E-state index is 0.816. The minimum Gasteiger partial charge on any atom is -0.285 e. The van der Waals surface area contributed by atoms with Gasteiger partial charge in [0.05, 0.1) is 26.1 Å². The van der Waals surface area contributed by atoms with E-state index < -0.39 is 0 Å². The quantitative estimate of drug-likeness (QED) is 0.613. The molecule has 20 heavy (non-hydrogen) atoms. The van der Waals surface area contributed by atoms with Crippen molar-refractivity contribution in [2.24, 2.45) is 4.99 Å². The average molecular weight is 282 g/mol. The number of fused-ring (bicyclic) bond motifs is 2. The first-order valence-corrected chi connectivity index (χ1v) is 7.73. The number of aryl methyl sites for hydroxylation is 3. The zero-order chi connectivity index (χ0) is 14.3. The molecule has 0 bridgehead atoms. The highest BCUT2D eigenvalue weighted by Crippen LogP contribution is 2.31. The molecular formula is C17H18N2S. The molecule has 0 fully saturated rings. The fourth-order valence-corrected chi connectivity index (χ4v) is 3.43. The van der Waals surface area contributed by atoms with Crippen LogP contribution in [0.25, 0.3) is 20.8 Å². The maximum absolute atomic E-state index is 4.81. The third-order valence-electron chi connectivity index (χ3n) is 3.64. The van der Waals surface area contributed by atoms with E-state index in [1.54, 1.807) is 11.3 Å². The molecule has 0 atom stereocenters. The van der Waals surface area contributed by atoms with Crippen molar-refractivity contribution >= 4 is 21.6 Å². The fourth-order valence-electron chi connectivity index (χ4n) is 2.36. The Morgan fingerprint density at radius 1 is 1.00 bits per heavy atom. The van der Waals surface area contributed by atoms with Crippen molar-refractivity contribution in [2.45, 2.75) is 27.7 Å². The van der Waals surface area contributed by atoms with Crippen LogP contribution in [0.2, 0.25) is 0 Å². The second-order valence-electron chi connectivity index (χ2n) is 5.20. The van der Waals surface area contributed by atoms with Crippen molar-refractivity contribution in [3.05, 3.63) is 46.3 Å². The Morgan fingerprint density at radius 3 is 2.50 bits per heavy atom. The van der Waals surface area contributed by atoms with Crippen molar-refractivity contribution in [2.75, 3.05) is 6.54 Å². The summed E-state index contributed by atoms with van der Waals surface area (Å²) in [4.78, 5) is 10.6. The topological polar surface area (TPSA) is 25.2 Å². The van der Waals surface area contributed by atoms with Crippen LogP contribution in [0.4, 0.5) is 0 Å². The van der Waals surface area contributed by atoms with E-state index in [2.05, 4.69) is 57.0 Å². The second-order valence-corrected chi connectivity index (χ2v) is 6.28. The minimum absolute atomic E-state index is 0.816. The summed E-state index contributed by atoms with van der Waals surface area (Å²) in [5, 5.41) is 1.08. The predicted octanol–water partition coefficient (Wildman–Crippen LogP) is 4.25. The van der Waals surface area contributed by atoms with Crippen LogP contribution < -0.4 is 5.36 Å². The van der Waals surface area contributed by atoms with Gasteiger partial charge in [-0.1, -0.05) is 0 Å². The summed E-state index contributed by atoms with van der Waals surface area (Å²) in [6.45, 7) is 9.28. The Morgan fingerprint density at radius 2 is 1.75 bits per heavy atom. The van der Waals surface area contributed by atoms with Gasteiger partial charge in [0.2, 0.25) is 0 Å². The predicted molar refractivity (Wildman–Crippen MR) is 86.6 cm³/mol. The lowest BCUT2D eigenvalue weighted by atomic mass is 10.1. The van der Waals surface area contributed by atoms with Crippen LogP contribution in [0, 0.1) is 20.8 Å². The molecule has 2 nitrogen and oxygen atoms in total. The highest BCUT2D eigenvalue weighted by molar-refractivity contribution is 7.21. The van der Waals surface area contributed by atoms with Gasteiger partial charge in [0.1, 0.15) is 0 Å². The molecular weight excluding hydrogens is 264 g/mol. The van der Waals surface area contributed by atoms with Crippen LogP contribution in [-0.2, 0) is 0 Å². The number of benzene rings is 2. The van der Waals surface area contributed by atoms with Gasteiger partial charge in [-0.15, -0.1) is 11.3 Å². The molecule has 0 unspecified atom stereocenters. The van der Waals surface area contributed by atoms with E-state index in [0.717, 1.165) is 23.1 Å². The molecule has 3 heteroatoms. The van der Waals surface area contributed by atoms with Crippen LogP contribution in [0.1, 0.15) is 23.6 Å². The van der Waals surface area contributed by atoms with Gasteiger partial charge in [0, 0.05) is 6.54 Å². The normalized spacial score (nSPS) is 12.5. The molecule has 0 amide bonds. The molecule has 1 aliphatic carbocycles. The van der Waals surface area contributed by atoms with Gasteiger partial charge in [-0.25, -0.2) is 4.98 Å². The zero-order valence-corrected chi connectivity index (χ0v) is 13.1. The molecule has 2 aliphatic rings. The van der Waals surface area contributed by atoms with Crippen molar-refractivity contribution in [1.82, 2.24) is 4.98 Å². The summed E-state index contributed by atoms with van der Waals surface area (Å²) in [7, 11) is 0. The van der Waals surface area contributed by atoms with E-state index in [4.69, 9.17) is 4.98 Å². The monoisotopic (exact) mass is 282 g/mol. The first kappa shape index (κ1) is 13.3.